The lowest BCUT2D eigenvalue weighted by Crippen LogP contribution is -2.33. The second-order valence-electron chi connectivity index (χ2n) is 5.23. The predicted octanol–water partition coefficient (Wildman–Crippen LogP) is 4.78. The monoisotopic (exact) mass is 270 g/mol. The molecular formula is C15H30O2Si. The third-order valence-electron chi connectivity index (χ3n) is 3.60. The molecular weight excluding hydrogens is 240 g/mol. The minimum Gasteiger partial charge on any atom is -0.463 e. The molecule has 0 aromatic carbocycles. The Morgan fingerprint density at radius 3 is 1.94 bits per heavy atom. The zero-order valence-corrected chi connectivity index (χ0v) is 13.5. The quantitative estimate of drug-likeness (QED) is 0.234. The van der Waals surface area contributed by atoms with Gasteiger partial charge in [0.2, 0.25) is 0 Å². The molecule has 18 heavy (non-hydrogen) atoms. The molecule has 0 atom stereocenters. The number of carbonyl (C=O) groups is 1. The smallest absolute Gasteiger partial charge is 0.330 e. The van der Waals surface area contributed by atoms with Crippen LogP contribution in [0.2, 0.25) is 24.2 Å². The number of hydrogen-bond acceptors (Lipinski definition) is 2. The van der Waals surface area contributed by atoms with Gasteiger partial charge in [0, 0.05) is 6.08 Å². The summed E-state index contributed by atoms with van der Waals surface area (Å²) in [5.74, 6) is -0.288. The van der Waals surface area contributed by atoms with E-state index >= 15 is 0 Å². The van der Waals surface area contributed by atoms with Gasteiger partial charge in [0.25, 0.3) is 0 Å². The fourth-order valence-electron chi connectivity index (χ4n) is 3.02. The van der Waals surface area contributed by atoms with Crippen molar-refractivity contribution in [2.24, 2.45) is 0 Å². The summed E-state index contributed by atoms with van der Waals surface area (Å²) < 4.78 is 5.09. The summed E-state index contributed by atoms with van der Waals surface area (Å²) >= 11 is 0. The number of ether oxygens (including phenoxy) is 1. The van der Waals surface area contributed by atoms with Crippen LogP contribution in [0.5, 0.6) is 0 Å². The van der Waals surface area contributed by atoms with Crippen molar-refractivity contribution in [1.82, 2.24) is 0 Å². The average molecular weight is 270 g/mol. The molecule has 0 aliphatic rings. The lowest BCUT2D eigenvalue weighted by atomic mass is 10.5. The van der Waals surface area contributed by atoms with Gasteiger partial charge in [-0.15, -0.1) is 0 Å². The Morgan fingerprint density at radius 1 is 1.06 bits per heavy atom. The maximum atomic E-state index is 11.0. The zero-order chi connectivity index (χ0) is 13.9. The third kappa shape index (κ3) is 6.99. The van der Waals surface area contributed by atoms with E-state index in [0.29, 0.717) is 6.61 Å². The van der Waals surface area contributed by atoms with Gasteiger partial charge in [-0.05, 0) is 6.42 Å². The van der Waals surface area contributed by atoms with Crippen LogP contribution in [0, 0.1) is 0 Å². The van der Waals surface area contributed by atoms with E-state index in [4.69, 9.17) is 4.74 Å². The maximum Gasteiger partial charge on any atom is 0.330 e. The highest BCUT2D eigenvalue weighted by molar-refractivity contribution is 6.79. The molecule has 0 N–H and O–H groups in total. The Morgan fingerprint density at radius 2 is 1.56 bits per heavy atom. The van der Waals surface area contributed by atoms with Crippen molar-refractivity contribution < 1.29 is 9.53 Å². The highest BCUT2D eigenvalue weighted by Gasteiger charge is 2.29. The van der Waals surface area contributed by atoms with Crippen LogP contribution >= 0.6 is 0 Å². The Balaban J connectivity index is 4.20. The van der Waals surface area contributed by atoms with Crippen LogP contribution < -0.4 is 0 Å². The van der Waals surface area contributed by atoms with Crippen LogP contribution in [0.25, 0.3) is 0 Å². The van der Waals surface area contributed by atoms with Crippen molar-refractivity contribution in [2.45, 2.75) is 70.6 Å². The fourth-order valence-corrected chi connectivity index (χ4v) is 8.60. The molecule has 2 nitrogen and oxygen atoms in total. The van der Waals surface area contributed by atoms with Crippen LogP contribution in [0.3, 0.4) is 0 Å². The molecule has 106 valence electrons. The van der Waals surface area contributed by atoms with Crippen LogP contribution in [-0.2, 0) is 9.53 Å². The van der Waals surface area contributed by atoms with Crippen molar-refractivity contribution in [1.29, 1.82) is 0 Å². The van der Waals surface area contributed by atoms with Gasteiger partial charge in [0.1, 0.15) is 0 Å². The van der Waals surface area contributed by atoms with Gasteiger partial charge in [-0.25, -0.2) is 4.79 Å². The van der Waals surface area contributed by atoms with Crippen LogP contribution in [0.4, 0.5) is 0 Å². The first-order valence-electron chi connectivity index (χ1n) is 7.43. The van der Waals surface area contributed by atoms with Crippen LogP contribution in [-0.4, -0.2) is 20.7 Å². The molecule has 0 aliphatic heterocycles. The van der Waals surface area contributed by atoms with Gasteiger partial charge in [0.15, 0.2) is 0 Å². The minimum atomic E-state index is -1.09. The number of hydrogen-bond donors (Lipinski definition) is 0. The van der Waals surface area contributed by atoms with Gasteiger partial charge in [-0.1, -0.05) is 70.8 Å². The first-order chi connectivity index (χ1) is 8.64. The predicted molar refractivity (Wildman–Crippen MR) is 81.6 cm³/mol. The van der Waals surface area contributed by atoms with Crippen molar-refractivity contribution in [2.75, 3.05) is 6.61 Å². The van der Waals surface area contributed by atoms with Gasteiger partial charge in [-0.2, -0.15) is 0 Å². The van der Waals surface area contributed by atoms with E-state index in [9.17, 15) is 4.79 Å². The Hall–Kier alpha value is -0.573. The molecule has 0 aromatic heterocycles. The molecule has 0 aliphatic carbocycles. The summed E-state index contributed by atoms with van der Waals surface area (Å²) in [5.41, 5.74) is 0. The molecule has 0 spiro atoms. The average Bonchev–Trinajstić information content (AvgIpc) is 2.35. The van der Waals surface area contributed by atoms with Gasteiger partial charge >= 0.3 is 5.97 Å². The number of esters is 1. The maximum absolute atomic E-state index is 11.0. The molecule has 0 saturated carbocycles. The summed E-state index contributed by atoms with van der Waals surface area (Å²) in [6.07, 6.45) is 6.19. The molecule has 0 amide bonds. The Labute approximate surface area is 114 Å². The third-order valence-corrected chi connectivity index (χ3v) is 9.70. The van der Waals surface area contributed by atoms with E-state index in [1.54, 1.807) is 0 Å². The van der Waals surface area contributed by atoms with Crippen LogP contribution in [0.1, 0.15) is 46.5 Å². The normalized spacial score (nSPS) is 11.3. The summed E-state index contributed by atoms with van der Waals surface area (Å²) in [5, 5.41) is 0. The molecule has 0 unspecified atom stereocenters. The minimum absolute atomic E-state index is 0.288. The summed E-state index contributed by atoms with van der Waals surface area (Å²) in [4.78, 5) is 11.0. The van der Waals surface area contributed by atoms with Gasteiger partial charge < -0.3 is 4.74 Å². The van der Waals surface area contributed by atoms with Crippen LogP contribution in [0.15, 0.2) is 12.7 Å². The summed E-state index contributed by atoms with van der Waals surface area (Å²) in [6.45, 7) is 10.9. The second kappa shape index (κ2) is 10.4. The number of carbonyl (C=O) groups excluding carboxylic acids is 1. The SMILES string of the molecule is C=CC(=O)OCCC[Si](CCC)(CCC)CCC. The standard InChI is InChI=1S/C15H30O2Si/c1-5-11-18(12-6-2,13-7-3)14-9-10-17-15(16)8-4/h8H,4-7,9-14H2,1-3H3. The van der Waals surface area contributed by atoms with E-state index in [1.807, 2.05) is 0 Å². The molecule has 3 heteroatoms. The molecule has 0 aromatic rings. The van der Waals surface area contributed by atoms with Crippen molar-refractivity contribution >= 4 is 14.0 Å². The molecule has 0 heterocycles. The lowest BCUT2D eigenvalue weighted by molar-refractivity contribution is -0.137. The highest BCUT2D eigenvalue weighted by atomic mass is 28.3. The molecule has 0 bridgehead atoms. The second-order valence-corrected chi connectivity index (χ2v) is 10.2. The highest BCUT2D eigenvalue weighted by Crippen LogP contribution is 2.31. The Bertz CT molecular complexity index is 222. The largest absolute Gasteiger partial charge is 0.463 e. The molecule has 0 fully saturated rings. The first kappa shape index (κ1) is 17.4. The van der Waals surface area contributed by atoms with Gasteiger partial charge in [-0.3, -0.25) is 0 Å². The topological polar surface area (TPSA) is 26.3 Å². The van der Waals surface area contributed by atoms with E-state index in [1.165, 1.54) is 49.5 Å². The van der Waals surface area contributed by atoms with Crippen molar-refractivity contribution in [3.63, 3.8) is 0 Å². The summed E-state index contributed by atoms with van der Waals surface area (Å²) in [6, 6.07) is 5.62. The van der Waals surface area contributed by atoms with E-state index in [0.717, 1.165) is 6.42 Å². The molecule has 0 saturated heterocycles. The number of rotatable bonds is 11. The molecule has 0 radical (unpaired) electrons. The van der Waals surface area contributed by atoms with E-state index < -0.39 is 8.07 Å². The van der Waals surface area contributed by atoms with Gasteiger partial charge in [0.05, 0.1) is 14.7 Å². The van der Waals surface area contributed by atoms with Crippen molar-refractivity contribution in [3.8, 4) is 0 Å². The van der Waals surface area contributed by atoms with E-state index in [2.05, 4.69) is 27.4 Å². The van der Waals surface area contributed by atoms with E-state index in [-0.39, 0.29) is 5.97 Å². The molecule has 0 rings (SSSR count). The lowest BCUT2D eigenvalue weighted by Gasteiger charge is -2.31. The summed E-state index contributed by atoms with van der Waals surface area (Å²) in [7, 11) is -1.09. The first-order valence-corrected chi connectivity index (χ1v) is 10.3. The Kier molecular flexibility index (Phi) is 10.0. The fraction of sp³-hybridized carbons (Fsp3) is 0.800. The van der Waals surface area contributed by atoms with Crippen molar-refractivity contribution in [3.05, 3.63) is 12.7 Å². The zero-order valence-electron chi connectivity index (χ0n) is 12.5.